The number of rotatable bonds is 2. The highest BCUT2D eigenvalue weighted by Gasteiger charge is 2.31. The van der Waals surface area contributed by atoms with Crippen molar-refractivity contribution in [3.05, 3.63) is 77.3 Å². The zero-order chi connectivity index (χ0) is 15.8. The van der Waals surface area contributed by atoms with Crippen LogP contribution in [-0.2, 0) is 0 Å². The number of fused-ring (bicyclic) bond motifs is 2. The van der Waals surface area contributed by atoms with E-state index in [1.54, 1.807) is 0 Å². The van der Waals surface area contributed by atoms with Crippen LogP contribution >= 0.6 is 15.9 Å². The molecule has 0 unspecified atom stereocenters. The summed E-state index contributed by atoms with van der Waals surface area (Å²) in [4.78, 5) is 2.44. The van der Waals surface area contributed by atoms with Gasteiger partial charge in [-0.15, -0.1) is 0 Å². The van der Waals surface area contributed by atoms with Crippen LogP contribution in [0, 0.1) is 0 Å². The molecule has 1 aliphatic rings. The second kappa shape index (κ2) is 5.98. The van der Waals surface area contributed by atoms with E-state index in [2.05, 4.69) is 101 Å². The molecule has 0 fully saturated rings. The molecule has 0 N–H and O–H groups in total. The third-order valence-electron chi connectivity index (χ3n) is 4.38. The van der Waals surface area contributed by atoms with E-state index in [9.17, 15) is 0 Å². The monoisotopic (exact) mass is 378 g/mol. The second-order valence-electron chi connectivity index (χ2n) is 5.66. The molecule has 3 heteroatoms. The summed E-state index contributed by atoms with van der Waals surface area (Å²) in [6.07, 6.45) is 0. The number of hydrogen-bond acceptors (Lipinski definition) is 1. The van der Waals surface area contributed by atoms with E-state index in [0.29, 0.717) is 0 Å². The van der Waals surface area contributed by atoms with Crippen LogP contribution in [0.5, 0.6) is 0 Å². The van der Waals surface area contributed by atoms with Crippen LogP contribution in [-0.4, -0.2) is 15.3 Å². The molecule has 0 aromatic heterocycles. The van der Waals surface area contributed by atoms with E-state index < -0.39 is 8.80 Å². The van der Waals surface area contributed by atoms with Gasteiger partial charge in [-0.2, -0.15) is 0 Å². The fraction of sp³-hybridized carbons (Fsp3) is 0.100. The average Bonchev–Trinajstić information content (AvgIpc) is 2.60. The van der Waals surface area contributed by atoms with Gasteiger partial charge in [0.1, 0.15) is 0 Å². The van der Waals surface area contributed by atoms with E-state index in [1.165, 1.54) is 26.9 Å². The summed E-state index contributed by atoms with van der Waals surface area (Å²) in [6, 6.07) is 26.6. The molecule has 1 heterocycles. The molecule has 1 radical (unpaired) electrons. The molecule has 3 aromatic rings. The van der Waals surface area contributed by atoms with E-state index in [0.717, 1.165) is 11.0 Å². The van der Waals surface area contributed by atoms with Gasteiger partial charge in [0.15, 0.2) is 8.80 Å². The summed E-state index contributed by atoms with van der Waals surface area (Å²) in [7, 11) is -0.961. The third kappa shape index (κ3) is 2.44. The van der Waals surface area contributed by atoms with Crippen LogP contribution in [0.15, 0.2) is 77.3 Å². The summed E-state index contributed by atoms with van der Waals surface area (Å²) >= 11 is 3.56. The average molecular weight is 379 g/mol. The molecule has 1 aliphatic heterocycles. The van der Waals surface area contributed by atoms with Gasteiger partial charge in [0.25, 0.3) is 0 Å². The van der Waals surface area contributed by atoms with Crippen LogP contribution < -0.4 is 20.5 Å². The molecule has 0 aliphatic carbocycles. The van der Waals surface area contributed by atoms with Gasteiger partial charge in [-0.05, 0) is 41.6 Å². The molecule has 0 bridgehead atoms. The Morgan fingerprint density at radius 2 is 1.30 bits per heavy atom. The Morgan fingerprint density at radius 1 is 0.783 bits per heavy atom. The summed E-state index contributed by atoms with van der Waals surface area (Å²) in [5.41, 5.74) is 2.73. The van der Waals surface area contributed by atoms with Gasteiger partial charge in [-0.25, -0.2) is 0 Å². The van der Waals surface area contributed by atoms with E-state index in [1.807, 2.05) is 0 Å². The first kappa shape index (κ1) is 14.7. The predicted octanol–water partition coefficient (Wildman–Crippen LogP) is 3.44. The van der Waals surface area contributed by atoms with Crippen molar-refractivity contribution < 1.29 is 0 Å². The first-order valence-electron chi connectivity index (χ1n) is 7.89. The van der Waals surface area contributed by atoms with Crippen molar-refractivity contribution in [2.75, 3.05) is 11.4 Å². The second-order valence-corrected chi connectivity index (χ2v) is 8.98. The lowest BCUT2D eigenvalue weighted by molar-refractivity contribution is 1.03. The van der Waals surface area contributed by atoms with Crippen LogP contribution in [0.25, 0.3) is 0 Å². The van der Waals surface area contributed by atoms with Gasteiger partial charge in [0.05, 0.1) is 0 Å². The lowest BCUT2D eigenvalue weighted by atomic mass is 10.2. The molecule has 0 atom stereocenters. The first-order valence-corrected chi connectivity index (χ1v) is 10.2. The lowest BCUT2D eigenvalue weighted by Crippen LogP contribution is -2.57. The topological polar surface area (TPSA) is 3.24 Å². The largest absolute Gasteiger partial charge is 0.342 e. The van der Waals surface area contributed by atoms with Crippen molar-refractivity contribution in [3.8, 4) is 0 Å². The summed E-state index contributed by atoms with van der Waals surface area (Å²) in [6.45, 7) is 3.22. The minimum Gasteiger partial charge on any atom is -0.342 e. The van der Waals surface area contributed by atoms with E-state index >= 15 is 0 Å². The molecule has 0 amide bonds. The molecule has 0 saturated carbocycles. The fourth-order valence-corrected chi connectivity index (χ4v) is 6.54. The van der Waals surface area contributed by atoms with E-state index in [-0.39, 0.29) is 0 Å². The molecule has 0 saturated heterocycles. The third-order valence-corrected chi connectivity index (χ3v) is 7.74. The number of para-hydroxylation sites is 2. The molecular weight excluding hydrogens is 362 g/mol. The molecule has 1 nitrogen and oxygen atoms in total. The maximum absolute atomic E-state index is 3.56. The Morgan fingerprint density at radius 3 is 1.83 bits per heavy atom. The van der Waals surface area contributed by atoms with Gasteiger partial charge in [0.2, 0.25) is 0 Å². The maximum atomic E-state index is 3.56. The van der Waals surface area contributed by atoms with Crippen molar-refractivity contribution in [1.29, 1.82) is 0 Å². The fourth-order valence-electron chi connectivity index (χ4n) is 3.38. The lowest BCUT2D eigenvalue weighted by Gasteiger charge is -2.36. The summed E-state index contributed by atoms with van der Waals surface area (Å²) in [5.74, 6) is 0. The SMILES string of the molecule is CCN1c2ccccc2[Si](c2ccc(Br)cc2)c2ccccc21. The summed E-state index contributed by atoms with van der Waals surface area (Å²) in [5, 5.41) is 4.41. The molecule has 4 rings (SSSR count). The zero-order valence-corrected chi connectivity index (χ0v) is 15.5. The highest BCUT2D eigenvalue weighted by molar-refractivity contribution is 9.10. The molecule has 0 spiro atoms. The molecule has 3 aromatic carbocycles. The van der Waals surface area contributed by atoms with Crippen molar-refractivity contribution >= 4 is 51.7 Å². The van der Waals surface area contributed by atoms with E-state index in [4.69, 9.17) is 0 Å². The quantitative estimate of drug-likeness (QED) is 0.617. The van der Waals surface area contributed by atoms with Crippen LogP contribution in [0.1, 0.15) is 6.92 Å². The molecule has 23 heavy (non-hydrogen) atoms. The number of halogens is 1. The van der Waals surface area contributed by atoms with Crippen molar-refractivity contribution in [3.63, 3.8) is 0 Å². The van der Waals surface area contributed by atoms with Gasteiger partial charge < -0.3 is 4.90 Å². The van der Waals surface area contributed by atoms with Gasteiger partial charge in [-0.3, -0.25) is 0 Å². The van der Waals surface area contributed by atoms with Crippen molar-refractivity contribution in [2.45, 2.75) is 6.92 Å². The standard InChI is InChI=1S/C20H17BrNSi/c1-2-22-17-7-3-5-9-19(17)23(16-13-11-15(21)12-14-16)20-10-6-4-8-18(20)22/h3-14H,2H2,1H3. The van der Waals surface area contributed by atoms with Gasteiger partial charge in [0, 0.05) is 22.4 Å². The number of anilines is 2. The maximum Gasteiger partial charge on any atom is 0.160 e. The van der Waals surface area contributed by atoms with Crippen LogP contribution in [0.3, 0.4) is 0 Å². The smallest absolute Gasteiger partial charge is 0.160 e. The Kier molecular flexibility index (Phi) is 3.83. The van der Waals surface area contributed by atoms with Crippen LogP contribution in [0.4, 0.5) is 11.4 Å². The number of nitrogens with zero attached hydrogens (tertiary/aromatic N) is 1. The first-order chi connectivity index (χ1) is 11.3. The number of hydrogen-bond donors (Lipinski definition) is 0. The number of benzene rings is 3. The predicted molar refractivity (Wildman–Crippen MR) is 104 cm³/mol. The summed E-state index contributed by atoms with van der Waals surface area (Å²) < 4.78 is 1.14. The Bertz CT molecular complexity index is 797. The van der Waals surface area contributed by atoms with Gasteiger partial charge >= 0.3 is 0 Å². The van der Waals surface area contributed by atoms with Gasteiger partial charge in [-0.1, -0.05) is 69.6 Å². The Hall–Kier alpha value is -1.84. The van der Waals surface area contributed by atoms with Crippen molar-refractivity contribution in [1.82, 2.24) is 0 Å². The minimum atomic E-state index is -0.961. The Balaban J connectivity index is 1.98. The minimum absolute atomic E-state index is 0.961. The molecular formula is C20H17BrNSi. The normalized spacial score (nSPS) is 13.6. The Labute approximate surface area is 147 Å². The van der Waals surface area contributed by atoms with Crippen molar-refractivity contribution in [2.24, 2.45) is 0 Å². The van der Waals surface area contributed by atoms with Crippen LogP contribution in [0.2, 0.25) is 0 Å². The highest BCUT2D eigenvalue weighted by Crippen LogP contribution is 2.27. The molecule has 113 valence electrons. The highest BCUT2D eigenvalue weighted by atomic mass is 79.9. The zero-order valence-electron chi connectivity index (χ0n) is 13.0.